The predicted octanol–water partition coefficient (Wildman–Crippen LogP) is 3.35. The van der Waals surface area contributed by atoms with Gasteiger partial charge in [-0.2, -0.15) is 0 Å². The smallest absolute Gasteiger partial charge is 0.338 e. The number of carbonyl (C=O) groups excluding carboxylic acids is 4. The molecule has 1 aliphatic heterocycles. The van der Waals surface area contributed by atoms with Gasteiger partial charge in [-0.05, 0) is 55.5 Å². The summed E-state index contributed by atoms with van der Waals surface area (Å²) in [5.74, 6) is -2.05. The lowest BCUT2D eigenvalue weighted by Gasteiger charge is -2.19. The Morgan fingerprint density at radius 3 is 2.38 bits per heavy atom. The third-order valence-electron chi connectivity index (χ3n) is 4.79. The number of anilines is 2. The summed E-state index contributed by atoms with van der Waals surface area (Å²) in [7, 11) is 0. The van der Waals surface area contributed by atoms with Gasteiger partial charge in [0.25, 0.3) is 5.91 Å². The van der Waals surface area contributed by atoms with Crippen molar-refractivity contribution in [1.82, 2.24) is 4.90 Å². The fourth-order valence-electron chi connectivity index (χ4n) is 3.30. The standard InChI is InChI=1S/C23H22FN3O5/c1-3-13-26-19(21(29)27(23(26)31)18-11-7-16(24)8-12-18)14-20(28)25-17-9-5-15(6-10-17)22(30)32-4-2/h3,5-12,19H,1,4,13-14H2,2H3,(H,25,28). The number of carbonyl (C=O) groups is 4. The Morgan fingerprint density at radius 2 is 1.78 bits per heavy atom. The lowest BCUT2D eigenvalue weighted by atomic mass is 10.1. The molecule has 3 rings (SSSR count). The van der Waals surface area contributed by atoms with Gasteiger partial charge >= 0.3 is 12.0 Å². The first kappa shape index (κ1) is 22.7. The van der Waals surface area contributed by atoms with Crippen molar-refractivity contribution >= 4 is 35.2 Å². The van der Waals surface area contributed by atoms with Gasteiger partial charge in [0, 0.05) is 12.2 Å². The van der Waals surface area contributed by atoms with Crippen LogP contribution in [0.4, 0.5) is 20.6 Å². The first-order valence-electron chi connectivity index (χ1n) is 9.93. The molecular weight excluding hydrogens is 417 g/mol. The SMILES string of the molecule is C=CCN1C(=O)N(c2ccc(F)cc2)C(=O)C1CC(=O)Nc1ccc(C(=O)OCC)cc1. The monoisotopic (exact) mass is 439 g/mol. The number of imide groups is 1. The Hall–Kier alpha value is -4.01. The lowest BCUT2D eigenvalue weighted by molar-refractivity contribution is -0.124. The number of hydrogen-bond donors (Lipinski definition) is 1. The third kappa shape index (κ3) is 4.83. The molecule has 0 aliphatic carbocycles. The second kappa shape index (κ2) is 9.86. The maximum absolute atomic E-state index is 13.2. The van der Waals surface area contributed by atoms with Gasteiger partial charge in [-0.25, -0.2) is 18.9 Å². The van der Waals surface area contributed by atoms with Crippen molar-refractivity contribution in [2.75, 3.05) is 23.4 Å². The quantitative estimate of drug-likeness (QED) is 0.387. The summed E-state index contributed by atoms with van der Waals surface area (Å²) >= 11 is 0. The summed E-state index contributed by atoms with van der Waals surface area (Å²) in [6.45, 7) is 5.62. The number of nitrogens with zero attached hydrogens (tertiary/aromatic N) is 2. The van der Waals surface area contributed by atoms with Crippen LogP contribution in [0.2, 0.25) is 0 Å². The van der Waals surface area contributed by atoms with Crippen LogP contribution < -0.4 is 10.2 Å². The summed E-state index contributed by atoms with van der Waals surface area (Å²) < 4.78 is 18.2. The molecule has 0 radical (unpaired) electrons. The number of amides is 4. The molecule has 1 aliphatic rings. The number of urea groups is 1. The van der Waals surface area contributed by atoms with Gasteiger partial charge in [0.05, 0.1) is 24.3 Å². The molecule has 1 heterocycles. The average Bonchev–Trinajstić information content (AvgIpc) is 2.99. The van der Waals surface area contributed by atoms with Crippen molar-refractivity contribution in [3.05, 3.63) is 72.6 Å². The molecule has 0 saturated carbocycles. The molecule has 1 N–H and O–H groups in total. The summed E-state index contributed by atoms with van der Waals surface area (Å²) in [5, 5.41) is 2.65. The molecule has 0 spiro atoms. The highest BCUT2D eigenvalue weighted by atomic mass is 19.1. The van der Waals surface area contributed by atoms with Crippen LogP contribution in [0.3, 0.4) is 0 Å². The molecule has 0 bridgehead atoms. The minimum Gasteiger partial charge on any atom is -0.462 e. The van der Waals surface area contributed by atoms with Crippen molar-refractivity contribution < 1.29 is 28.3 Å². The second-order valence-corrected chi connectivity index (χ2v) is 6.94. The number of rotatable bonds is 8. The molecular formula is C23H22FN3O5. The van der Waals surface area contributed by atoms with Crippen LogP contribution in [0.1, 0.15) is 23.7 Å². The number of ether oxygens (including phenoxy) is 1. The van der Waals surface area contributed by atoms with E-state index in [0.29, 0.717) is 11.3 Å². The van der Waals surface area contributed by atoms with Crippen molar-refractivity contribution in [2.24, 2.45) is 0 Å². The molecule has 166 valence electrons. The molecule has 1 atom stereocenters. The summed E-state index contributed by atoms with van der Waals surface area (Å²) in [6, 6.07) is 9.39. The van der Waals surface area contributed by atoms with E-state index in [-0.39, 0.29) is 25.3 Å². The van der Waals surface area contributed by atoms with Crippen LogP contribution in [0, 0.1) is 5.82 Å². The molecule has 2 aromatic carbocycles. The third-order valence-corrected chi connectivity index (χ3v) is 4.79. The fraction of sp³-hybridized carbons (Fsp3) is 0.217. The Labute approximate surface area is 184 Å². The summed E-state index contributed by atoms with van der Waals surface area (Å²) in [5.41, 5.74) is 0.979. The zero-order chi connectivity index (χ0) is 23.3. The number of nitrogens with one attached hydrogen (secondary N) is 1. The molecule has 1 saturated heterocycles. The molecule has 32 heavy (non-hydrogen) atoms. The van der Waals surface area contributed by atoms with Gasteiger partial charge in [-0.3, -0.25) is 9.59 Å². The average molecular weight is 439 g/mol. The van der Waals surface area contributed by atoms with Gasteiger partial charge in [-0.15, -0.1) is 6.58 Å². The van der Waals surface area contributed by atoms with Crippen LogP contribution in [0.25, 0.3) is 0 Å². The van der Waals surface area contributed by atoms with E-state index in [1.165, 1.54) is 47.4 Å². The number of esters is 1. The Kier molecular flexibility index (Phi) is 6.99. The normalized spacial score (nSPS) is 15.6. The van der Waals surface area contributed by atoms with Crippen LogP contribution in [-0.4, -0.2) is 47.9 Å². The Morgan fingerprint density at radius 1 is 1.12 bits per heavy atom. The van der Waals surface area contributed by atoms with E-state index in [4.69, 9.17) is 4.74 Å². The minimum absolute atomic E-state index is 0.0639. The van der Waals surface area contributed by atoms with Crippen LogP contribution in [0.5, 0.6) is 0 Å². The van der Waals surface area contributed by atoms with Crippen molar-refractivity contribution in [3.8, 4) is 0 Å². The Balaban J connectivity index is 1.72. The maximum Gasteiger partial charge on any atom is 0.338 e. The van der Waals surface area contributed by atoms with Crippen LogP contribution in [0.15, 0.2) is 61.2 Å². The molecule has 1 fully saturated rings. The summed E-state index contributed by atoms with van der Waals surface area (Å²) in [6.07, 6.45) is 1.17. The zero-order valence-electron chi connectivity index (χ0n) is 17.4. The highest BCUT2D eigenvalue weighted by Crippen LogP contribution is 2.27. The fourth-order valence-corrected chi connectivity index (χ4v) is 3.30. The molecule has 2 aromatic rings. The highest BCUT2D eigenvalue weighted by molar-refractivity contribution is 6.22. The van der Waals surface area contributed by atoms with Gasteiger partial charge in [0.2, 0.25) is 5.91 Å². The maximum atomic E-state index is 13.2. The highest BCUT2D eigenvalue weighted by Gasteiger charge is 2.46. The lowest BCUT2D eigenvalue weighted by Crippen LogP contribution is -2.38. The van der Waals surface area contributed by atoms with Gasteiger partial charge in [-0.1, -0.05) is 6.08 Å². The van der Waals surface area contributed by atoms with E-state index >= 15 is 0 Å². The Bertz CT molecular complexity index is 1040. The van der Waals surface area contributed by atoms with E-state index in [1.54, 1.807) is 6.92 Å². The number of hydrogen-bond acceptors (Lipinski definition) is 5. The topological polar surface area (TPSA) is 96.0 Å². The first-order valence-corrected chi connectivity index (χ1v) is 9.93. The second-order valence-electron chi connectivity index (χ2n) is 6.94. The van der Waals surface area contributed by atoms with Crippen molar-refractivity contribution in [2.45, 2.75) is 19.4 Å². The molecule has 1 unspecified atom stereocenters. The van der Waals surface area contributed by atoms with Crippen LogP contribution in [-0.2, 0) is 14.3 Å². The van der Waals surface area contributed by atoms with Gasteiger partial charge < -0.3 is 15.0 Å². The number of benzene rings is 2. The minimum atomic E-state index is -1.04. The number of halogens is 1. The van der Waals surface area contributed by atoms with Gasteiger partial charge in [0.1, 0.15) is 11.9 Å². The molecule has 4 amide bonds. The van der Waals surface area contributed by atoms with E-state index in [2.05, 4.69) is 11.9 Å². The summed E-state index contributed by atoms with van der Waals surface area (Å²) in [4.78, 5) is 52.2. The largest absolute Gasteiger partial charge is 0.462 e. The van der Waals surface area contributed by atoms with E-state index in [0.717, 1.165) is 17.0 Å². The van der Waals surface area contributed by atoms with E-state index in [9.17, 15) is 23.6 Å². The molecule has 8 nitrogen and oxygen atoms in total. The van der Waals surface area contributed by atoms with E-state index in [1.807, 2.05) is 0 Å². The van der Waals surface area contributed by atoms with Crippen molar-refractivity contribution in [1.29, 1.82) is 0 Å². The molecule has 0 aromatic heterocycles. The van der Waals surface area contributed by atoms with Crippen LogP contribution >= 0.6 is 0 Å². The zero-order valence-corrected chi connectivity index (χ0v) is 17.4. The van der Waals surface area contributed by atoms with E-state index < -0.39 is 35.7 Å². The molecule has 9 heteroatoms. The van der Waals surface area contributed by atoms with Crippen molar-refractivity contribution in [3.63, 3.8) is 0 Å². The predicted molar refractivity (Wildman–Crippen MR) is 116 cm³/mol. The van der Waals surface area contributed by atoms with Gasteiger partial charge in [0.15, 0.2) is 0 Å². The first-order chi connectivity index (χ1) is 15.3.